The molecule has 0 aromatic rings. The molecule has 0 radical (unpaired) electrons. The van der Waals surface area contributed by atoms with Gasteiger partial charge in [-0.15, -0.1) is 0 Å². The second-order valence-electron chi connectivity index (χ2n) is 1.61. The first-order chi connectivity index (χ1) is 3.72. The fourth-order valence-electron chi connectivity index (χ4n) is 0.370. The predicted octanol–water partition coefficient (Wildman–Crippen LogP) is -4.24. The van der Waals surface area contributed by atoms with Crippen LogP contribution in [0.2, 0.25) is 0 Å². The molecule has 0 spiro atoms. The predicted molar refractivity (Wildman–Crippen MR) is 25.9 cm³/mol. The molecule has 0 aromatic carbocycles. The molecule has 0 saturated heterocycles. The zero-order chi connectivity index (χ0) is 6.57. The van der Waals surface area contributed by atoms with E-state index in [4.69, 9.17) is 5.11 Å². The molecule has 0 aliphatic heterocycles. The summed E-state index contributed by atoms with van der Waals surface area (Å²) >= 11 is 0. The Morgan fingerprint density at radius 3 is 2.22 bits per heavy atom. The van der Waals surface area contributed by atoms with Crippen molar-refractivity contribution in [2.24, 2.45) is 5.92 Å². The van der Waals surface area contributed by atoms with Gasteiger partial charge in [-0.3, -0.25) is 0 Å². The number of carbonyl (C=O) groups is 1. The molecule has 0 fully saturated rings. The van der Waals surface area contributed by atoms with E-state index in [1.807, 2.05) is 0 Å². The van der Waals surface area contributed by atoms with Crippen LogP contribution in [0, 0.1) is 5.92 Å². The molecule has 48 valence electrons. The Bertz CT molecular complexity index is 80.3. The number of aliphatic carboxylic acids is 1. The average molecular weight is 140 g/mol. The smallest absolute Gasteiger partial charge is 0.550 e. The molecular weight excluding hydrogens is 131 g/mol. The third-order valence-corrected chi connectivity index (χ3v) is 1.05. The molecule has 0 aliphatic rings. The largest absolute Gasteiger partial charge is 1.00 e. The summed E-state index contributed by atoms with van der Waals surface area (Å²) in [5.74, 6) is -1.86. The van der Waals surface area contributed by atoms with Gasteiger partial charge >= 0.3 is 29.6 Å². The van der Waals surface area contributed by atoms with Crippen LogP contribution in [0.5, 0.6) is 0 Å². The third kappa shape index (κ3) is 4.90. The Kier molecular flexibility index (Phi) is 8.83. The fraction of sp³-hybridized carbons (Fsp3) is 0.800. The number of aliphatic hydroxyl groups excluding tert-OH is 1. The number of carboxylic acids is 1. The van der Waals surface area contributed by atoms with Crippen LogP contribution in [0.1, 0.15) is 13.3 Å². The van der Waals surface area contributed by atoms with Crippen LogP contribution in [0.15, 0.2) is 0 Å². The molecule has 3 nitrogen and oxygen atoms in total. The molecule has 0 rings (SSSR count). The van der Waals surface area contributed by atoms with Crippen LogP contribution in [-0.4, -0.2) is 17.7 Å². The summed E-state index contributed by atoms with van der Waals surface area (Å²) in [7, 11) is 0. The van der Waals surface area contributed by atoms with E-state index in [0.29, 0.717) is 6.42 Å². The molecule has 1 N–H and O–H groups in total. The van der Waals surface area contributed by atoms with E-state index in [2.05, 4.69) is 0 Å². The van der Waals surface area contributed by atoms with Gasteiger partial charge in [0.25, 0.3) is 0 Å². The Hall–Kier alpha value is 0.430. The molecular formula is C5H9NaO3. The first-order valence-corrected chi connectivity index (χ1v) is 2.54. The van der Waals surface area contributed by atoms with Crippen molar-refractivity contribution in [1.29, 1.82) is 0 Å². The van der Waals surface area contributed by atoms with Crippen molar-refractivity contribution in [3.63, 3.8) is 0 Å². The number of aliphatic hydroxyl groups is 1. The Balaban J connectivity index is 0. The number of carboxylic acid groups (broad SMARTS) is 1. The van der Waals surface area contributed by atoms with Crippen molar-refractivity contribution >= 4 is 5.97 Å². The third-order valence-electron chi connectivity index (χ3n) is 1.05. The number of hydrogen-bond acceptors (Lipinski definition) is 3. The van der Waals surface area contributed by atoms with Crippen molar-refractivity contribution in [3.05, 3.63) is 0 Å². The van der Waals surface area contributed by atoms with Gasteiger partial charge in [-0.05, 0) is 6.42 Å². The summed E-state index contributed by atoms with van der Waals surface area (Å²) < 4.78 is 0. The fourth-order valence-corrected chi connectivity index (χ4v) is 0.370. The first kappa shape index (κ1) is 12.1. The summed E-state index contributed by atoms with van der Waals surface area (Å²) in [6, 6.07) is 0. The molecule has 0 aliphatic carbocycles. The Morgan fingerprint density at radius 1 is 1.78 bits per heavy atom. The van der Waals surface area contributed by atoms with Crippen LogP contribution >= 0.6 is 0 Å². The maximum absolute atomic E-state index is 9.89. The van der Waals surface area contributed by atoms with E-state index in [-0.39, 0.29) is 36.2 Å². The Morgan fingerprint density at radius 2 is 2.22 bits per heavy atom. The van der Waals surface area contributed by atoms with Gasteiger partial charge in [0.15, 0.2) is 0 Å². The van der Waals surface area contributed by atoms with Crippen molar-refractivity contribution in [2.75, 3.05) is 6.61 Å². The monoisotopic (exact) mass is 140 g/mol. The normalized spacial score (nSPS) is 11.8. The van der Waals surface area contributed by atoms with Crippen LogP contribution in [0.3, 0.4) is 0 Å². The maximum Gasteiger partial charge on any atom is 1.00 e. The van der Waals surface area contributed by atoms with Gasteiger partial charge in [0.05, 0.1) is 6.61 Å². The molecule has 0 aromatic heterocycles. The standard InChI is InChI=1S/C5H10O3.Na/c1-2-4(3-6)5(7)8;/h4,6H,2-3H2,1H3,(H,7,8);/q;+1/p-1. The molecule has 1 unspecified atom stereocenters. The number of carbonyl (C=O) groups excluding carboxylic acids is 1. The van der Waals surface area contributed by atoms with Gasteiger partial charge in [-0.25, -0.2) is 0 Å². The van der Waals surface area contributed by atoms with Gasteiger partial charge < -0.3 is 15.0 Å². The van der Waals surface area contributed by atoms with E-state index in [1.165, 1.54) is 0 Å². The van der Waals surface area contributed by atoms with Crippen molar-refractivity contribution < 1.29 is 44.6 Å². The van der Waals surface area contributed by atoms with Crippen molar-refractivity contribution in [2.45, 2.75) is 13.3 Å². The zero-order valence-electron chi connectivity index (χ0n) is 5.76. The Labute approximate surface area is 76.4 Å². The molecule has 0 bridgehead atoms. The van der Waals surface area contributed by atoms with Gasteiger partial charge in [-0.2, -0.15) is 0 Å². The molecule has 0 heterocycles. The maximum atomic E-state index is 9.89. The summed E-state index contributed by atoms with van der Waals surface area (Å²) in [5.41, 5.74) is 0. The minimum Gasteiger partial charge on any atom is -0.550 e. The minimum absolute atomic E-state index is 0. The van der Waals surface area contributed by atoms with Gasteiger partial charge in [-0.1, -0.05) is 6.92 Å². The zero-order valence-corrected chi connectivity index (χ0v) is 7.76. The van der Waals surface area contributed by atoms with Crippen LogP contribution < -0.4 is 34.7 Å². The SMILES string of the molecule is CCC(CO)C(=O)[O-].[Na+]. The van der Waals surface area contributed by atoms with Crippen LogP contribution in [-0.2, 0) is 4.79 Å². The summed E-state index contributed by atoms with van der Waals surface area (Å²) in [5, 5.41) is 18.2. The van der Waals surface area contributed by atoms with Gasteiger partial charge in [0.2, 0.25) is 0 Å². The van der Waals surface area contributed by atoms with E-state index in [9.17, 15) is 9.90 Å². The van der Waals surface area contributed by atoms with Crippen molar-refractivity contribution in [1.82, 2.24) is 0 Å². The van der Waals surface area contributed by atoms with Crippen molar-refractivity contribution in [3.8, 4) is 0 Å². The van der Waals surface area contributed by atoms with E-state index in [0.717, 1.165) is 0 Å². The first-order valence-electron chi connectivity index (χ1n) is 2.54. The van der Waals surface area contributed by atoms with Gasteiger partial charge in [0.1, 0.15) is 0 Å². The minimum atomic E-state index is -1.17. The number of hydrogen-bond donors (Lipinski definition) is 1. The molecule has 4 heteroatoms. The number of rotatable bonds is 3. The molecule has 0 amide bonds. The van der Waals surface area contributed by atoms with E-state index in [1.54, 1.807) is 6.92 Å². The van der Waals surface area contributed by atoms with Crippen LogP contribution in [0.25, 0.3) is 0 Å². The molecule has 1 atom stereocenters. The van der Waals surface area contributed by atoms with E-state index < -0.39 is 11.9 Å². The van der Waals surface area contributed by atoms with E-state index >= 15 is 0 Å². The second-order valence-corrected chi connectivity index (χ2v) is 1.61. The summed E-state index contributed by atoms with van der Waals surface area (Å²) in [4.78, 5) is 9.89. The quantitative estimate of drug-likeness (QED) is 0.404. The topological polar surface area (TPSA) is 60.4 Å². The van der Waals surface area contributed by atoms with Gasteiger partial charge in [0, 0.05) is 11.9 Å². The molecule has 9 heavy (non-hydrogen) atoms. The van der Waals surface area contributed by atoms with Crippen LogP contribution in [0.4, 0.5) is 0 Å². The average Bonchev–Trinajstić information content (AvgIpc) is 1.69. The summed E-state index contributed by atoms with van der Waals surface area (Å²) in [6.45, 7) is 1.37. The molecule has 0 saturated carbocycles. The second kappa shape index (κ2) is 6.55. The summed E-state index contributed by atoms with van der Waals surface area (Å²) in [6.07, 6.45) is 0.429.